The van der Waals surface area contributed by atoms with Crippen LogP contribution < -0.4 is 10.1 Å². The summed E-state index contributed by atoms with van der Waals surface area (Å²) >= 11 is 0. The first kappa shape index (κ1) is 18.9. The Morgan fingerprint density at radius 1 is 1.24 bits per heavy atom. The van der Waals surface area contributed by atoms with Crippen LogP contribution in [0.2, 0.25) is 0 Å². The van der Waals surface area contributed by atoms with E-state index in [1.807, 2.05) is 0 Å². The van der Waals surface area contributed by atoms with Gasteiger partial charge in [-0.25, -0.2) is 8.42 Å². The smallest absolute Gasteiger partial charge is 0.306 e. The largest absolute Gasteiger partial charge is 0.496 e. The standard InChI is InChI=1S/C16H19NO7S/c1-23-13-5-3-2-4-12(13)16(20)17-14(18)9-24-15(19)8-11-6-7-25(21,22)10-11/h2-5,11H,6-10H2,1H3,(H,17,18,20)/t11-/m0/s1. The molecule has 1 fully saturated rings. The second-order valence-electron chi connectivity index (χ2n) is 5.71. The second kappa shape index (κ2) is 8.11. The zero-order valence-corrected chi connectivity index (χ0v) is 14.5. The van der Waals surface area contributed by atoms with Gasteiger partial charge >= 0.3 is 5.97 Å². The Kier molecular flexibility index (Phi) is 6.13. The molecule has 1 N–H and O–H groups in total. The summed E-state index contributed by atoms with van der Waals surface area (Å²) in [5.74, 6) is -2.05. The summed E-state index contributed by atoms with van der Waals surface area (Å²) in [4.78, 5) is 35.4. The minimum atomic E-state index is -3.07. The van der Waals surface area contributed by atoms with E-state index in [1.54, 1.807) is 18.2 Å². The van der Waals surface area contributed by atoms with Crippen molar-refractivity contribution < 1.29 is 32.3 Å². The van der Waals surface area contributed by atoms with Gasteiger partial charge in [0, 0.05) is 6.42 Å². The number of benzene rings is 1. The Morgan fingerprint density at radius 2 is 1.96 bits per heavy atom. The van der Waals surface area contributed by atoms with Crippen LogP contribution in [0.4, 0.5) is 0 Å². The first-order chi connectivity index (χ1) is 11.8. The van der Waals surface area contributed by atoms with E-state index < -0.39 is 34.2 Å². The Bertz CT molecular complexity index is 772. The predicted molar refractivity (Wildman–Crippen MR) is 87.8 cm³/mol. The van der Waals surface area contributed by atoms with E-state index in [2.05, 4.69) is 5.32 Å². The van der Waals surface area contributed by atoms with Crippen molar-refractivity contribution in [3.63, 3.8) is 0 Å². The van der Waals surface area contributed by atoms with Crippen molar-refractivity contribution in [3.8, 4) is 5.75 Å². The molecule has 2 rings (SSSR count). The van der Waals surface area contributed by atoms with E-state index >= 15 is 0 Å². The van der Waals surface area contributed by atoms with Crippen molar-refractivity contribution in [1.82, 2.24) is 5.32 Å². The summed E-state index contributed by atoms with van der Waals surface area (Å²) in [6.45, 7) is -0.612. The third-order valence-corrected chi connectivity index (χ3v) is 5.59. The van der Waals surface area contributed by atoms with Crippen molar-refractivity contribution >= 4 is 27.6 Å². The van der Waals surface area contributed by atoms with Crippen molar-refractivity contribution in [2.24, 2.45) is 5.92 Å². The summed E-state index contributed by atoms with van der Waals surface area (Å²) in [6, 6.07) is 6.38. The molecule has 1 aliphatic rings. The normalized spacial score (nSPS) is 18.4. The summed E-state index contributed by atoms with van der Waals surface area (Å²) in [7, 11) is -1.67. The van der Waals surface area contributed by atoms with Crippen molar-refractivity contribution in [2.75, 3.05) is 25.2 Å². The molecule has 0 aliphatic carbocycles. The number of carbonyl (C=O) groups is 3. The first-order valence-electron chi connectivity index (χ1n) is 7.64. The molecule has 25 heavy (non-hydrogen) atoms. The lowest BCUT2D eigenvalue weighted by Crippen LogP contribution is -2.34. The number of ether oxygens (including phenoxy) is 2. The fourth-order valence-electron chi connectivity index (χ4n) is 2.54. The molecule has 1 heterocycles. The number of rotatable bonds is 6. The topological polar surface area (TPSA) is 116 Å². The minimum Gasteiger partial charge on any atom is -0.496 e. The van der Waals surface area contributed by atoms with Gasteiger partial charge in [-0.15, -0.1) is 0 Å². The lowest BCUT2D eigenvalue weighted by molar-refractivity contribution is -0.149. The Morgan fingerprint density at radius 3 is 2.60 bits per heavy atom. The molecule has 0 radical (unpaired) electrons. The zero-order valence-electron chi connectivity index (χ0n) is 13.7. The van der Waals surface area contributed by atoms with Crippen LogP contribution in [0.1, 0.15) is 23.2 Å². The molecule has 2 amide bonds. The molecule has 136 valence electrons. The van der Waals surface area contributed by atoms with Gasteiger partial charge in [0.05, 0.1) is 24.2 Å². The van der Waals surface area contributed by atoms with Gasteiger partial charge in [0.15, 0.2) is 16.4 Å². The van der Waals surface area contributed by atoms with Gasteiger partial charge in [-0.2, -0.15) is 0 Å². The maximum Gasteiger partial charge on any atom is 0.306 e. The first-order valence-corrected chi connectivity index (χ1v) is 9.46. The van der Waals surface area contributed by atoms with E-state index in [4.69, 9.17) is 9.47 Å². The SMILES string of the molecule is COc1ccccc1C(=O)NC(=O)COC(=O)C[C@@H]1CCS(=O)(=O)C1. The molecule has 1 aromatic rings. The van der Waals surface area contributed by atoms with E-state index in [-0.39, 0.29) is 29.4 Å². The van der Waals surface area contributed by atoms with Crippen LogP contribution in [0.3, 0.4) is 0 Å². The number of sulfone groups is 1. The minimum absolute atomic E-state index is 0.0411. The zero-order chi connectivity index (χ0) is 18.4. The summed E-state index contributed by atoms with van der Waals surface area (Å²) < 4.78 is 32.5. The van der Waals surface area contributed by atoms with Gasteiger partial charge in [0.1, 0.15) is 5.75 Å². The molecule has 0 spiro atoms. The summed E-state index contributed by atoms with van der Waals surface area (Å²) in [6.07, 6.45) is 0.350. The molecular formula is C16H19NO7S. The number of methoxy groups -OCH3 is 1. The van der Waals surface area contributed by atoms with E-state index in [1.165, 1.54) is 13.2 Å². The van der Waals surface area contributed by atoms with E-state index in [0.29, 0.717) is 12.2 Å². The summed E-state index contributed by atoms with van der Waals surface area (Å²) in [5.41, 5.74) is 0.181. The third kappa shape index (κ3) is 5.56. The number of amides is 2. The van der Waals surface area contributed by atoms with Crippen LogP contribution >= 0.6 is 0 Å². The Labute approximate surface area is 145 Å². The summed E-state index contributed by atoms with van der Waals surface area (Å²) in [5, 5.41) is 2.10. The lowest BCUT2D eigenvalue weighted by Gasteiger charge is -2.10. The molecule has 0 saturated carbocycles. The third-order valence-electron chi connectivity index (χ3n) is 3.75. The van der Waals surface area contributed by atoms with Gasteiger partial charge in [0.25, 0.3) is 11.8 Å². The highest BCUT2D eigenvalue weighted by Gasteiger charge is 2.30. The molecule has 9 heteroatoms. The number of esters is 1. The van der Waals surface area contributed by atoms with E-state index in [9.17, 15) is 22.8 Å². The maximum atomic E-state index is 12.0. The highest BCUT2D eigenvalue weighted by molar-refractivity contribution is 7.91. The predicted octanol–water partition coefficient (Wildman–Crippen LogP) is 0.320. The quantitative estimate of drug-likeness (QED) is 0.718. The van der Waals surface area contributed by atoms with Crippen molar-refractivity contribution in [3.05, 3.63) is 29.8 Å². The second-order valence-corrected chi connectivity index (χ2v) is 7.94. The lowest BCUT2D eigenvalue weighted by atomic mass is 10.1. The van der Waals surface area contributed by atoms with Crippen molar-refractivity contribution in [1.29, 1.82) is 0 Å². The molecular weight excluding hydrogens is 350 g/mol. The fourth-order valence-corrected chi connectivity index (χ4v) is 4.40. The van der Waals surface area contributed by atoms with Gasteiger partial charge in [0.2, 0.25) is 0 Å². The highest BCUT2D eigenvalue weighted by atomic mass is 32.2. The molecule has 0 bridgehead atoms. The van der Waals surface area contributed by atoms with Crippen LogP contribution in [0.15, 0.2) is 24.3 Å². The van der Waals surface area contributed by atoms with E-state index in [0.717, 1.165) is 0 Å². The average Bonchev–Trinajstić information content (AvgIpc) is 2.91. The van der Waals surface area contributed by atoms with Crippen LogP contribution in [0.25, 0.3) is 0 Å². The number of hydrogen-bond acceptors (Lipinski definition) is 7. The molecule has 0 aromatic heterocycles. The van der Waals surface area contributed by atoms with Crippen LogP contribution in [0, 0.1) is 5.92 Å². The fraction of sp³-hybridized carbons (Fsp3) is 0.438. The van der Waals surface area contributed by atoms with Crippen molar-refractivity contribution in [2.45, 2.75) is 12.8 Å². The number of hydrogen-bond donors (Lipinski definition) is 1. The van der Waals surface area contributed by atoms with Gasteiger partial charge in [-0.1, -0.05) is 12.1 Å². The van der Waals surface area contributed by atoms with Crippen LogP contribution in [-0.4, -0.2) is 51.4 Å². The Balaban J connectivity index is 1.78. The number of para-hydroxylation sites is 1. The molecule has 0 unspecified atom stereocenters. The maximum absolute atomic E-state index is 12.0. The number of imide groups is 1. The average molecular weight is 369 g/mol. The number of nitrogens with one attached hydrogen (secondary N) is 1. The van der Waals surface area contributed by atoms with Gasteiger partial charge in [-0.3, -0.25) is 19.7 Å². The molecule has 1 aromatic carbocycles. The molecule has 1 aliphatic heterocycles. The van der Waals surface area contributed by atoms with Crippen LogP contribution in [0.5, 0.6) is 5.75 Å². The van der Waals surface area contributed by atoms with Gasteiger partial charge < -0.3 is 9.47 Å². The molecule has 1 saturated heterocycles. The molecule has 1 atom stereocenters. The monoisotopic (exact) mass is 369 g/mol. The molecule has 8 nitrogen and oxygen atoms in total. The van der Waals surface area contributed by atoms with Gasteiger partial charge in [-0.05, 0) is 24.5 Å². The van der Waals surface area contributed by atoms with Crippen LogP contribution in [-0.2, 0) is 24.2 Å². The number of carbonyl (C=O) groups excluding carboxylic acids is 3. The Hall–Kier alpha value is -2.42. The highest BCUT2D eigenvalue weighted by Crippen LogP contribution is 2.21.